The van der Waals surface area contributed by atoms with E-state index in [-0.39, 0.29) is 0 Å². The van der Waals surface area contributed by atoms with Gasteiger partial charge in [0.25, 0.3) is 0 Å². The van der Waals surface area contributed by atoms with Gasteiger partial charge < -0.3 is 10.4 Å². The molecule has 100 valence electrons. The Kier molecular flexibility index (Phi) is 5.14. The highest BCUT2D eigenvalue weighted by molar-refractivity contribution is 5.11. The molecule has 0 aliphatic heterocycles. The lowest BCUT2D eigenvalue weighted by molar-refractivity contribution is 0.133. The number of nitrogens with zero attached hydrogens (tertiary/aromatic N) is 1. The largest absolute Gasteiger partial charge is 0.396 e. The van der Waals surface area contributed by atoms with E-state index in [0.717, 1.165) is 18.8 Å². The Hall–Kier alpha value is -0.930. The standard InChI is InChI=1S/C15H24N2O/c1-12-6-7-15(17-8-12)10-16-9-13-4-2-3-5-14(13)11-18/h6-8,13-14,16,18H,2-5,9-11H2,1H3. The average molecular weight is 248 g/mol. The molecule has 2 rings (SSSR count). The smallest absolute Gasteiger partial charge is 0.0541 e. The molecule has 1 aromatic rings. The number of rotatable bonds is 5. The van der Waals surface area contributed by atoms with E-state index in [9.17, 15) is 5.11 Å². The van der Waals surface area contributed by atoms with Crippen LogP contribution in [0.5, 0.6) is 0 Å². The van der Waals surface area contributed by atoms with E-state index < -0.39 is 0 Å². The Morgan fingerprint density at radius 2 is 2.06 bits per heavy atom. The molecule has 2 N–H and O–H groups in total. The average Bonchev–Trinajstić information content (AvgIpc) is 2.41. The van der Waals surface area contributed by atoms with Crippen LogP contribution in [0.3, 0.4) is 0 Å². The van der Waals surface area contributed by atoms with Crippen molar-refractivity contribution in [3.63, 3.8) is 0 Å². The first-order valence-electron chi connectivity index (χ1n) is 7.02. The maximum Gasteiger partial charge on any atom is 0.0541 e. The monoisotopic (exact) mass is 248 g/mol. The molecule has 2 unspecified atom stereocenters. The molecule has 1 saturated carbocycles. The molecule has 1 aliphatic carbocycles. The van der Waals surface area contributed by atoms with E-state index in [0.29, 0.717) is 18.4 Å². The van der Waals surface area contributed by atoms with Crippen LogP contribution in [-0.2, 0) is 6.54 Å². The molecule has 2 atom stereocenters. The third-order valence-electron chi connectivity index (χ3n) is 3.99. The Morgan fingerprint density at radius 1 is 1.28 bits per heavy atom. The van der Waals surface area contributed by atoms with Gasteiger partial charge >= 0.3 is 0 Å². The number of aromatic nitrogens is 1. The molecule has 3 heteroatoms. The van der Waals surface area contributed by atoms with Gasteiger partial charge in [-0.05, 0) is 49.8 Å². The van der Waals surface area contributed by atoms with Crippen LogP contribution in [0.4, 0.5) is 0 Å². The van der Waals surface area contributed by atoms with Gasteiger partial charge in [0.05, 0.1) is 5.69 Å². The van der Waals surface area contributed by atoms with Gasteiger partial charge in [-0.3, -0.25) is 4.98 Å². The zero-order valence-corrected chi connectivity index (χ0v) is 11.2. The minimum absolute atomic E-state index is 0.342. The lowest BCUT2D eigenvalue weighted by atomic mass is 9.79. The van der Waals surface area contributed by atoms with Crippen LogP contribution in [0.2, 0.25) is 0 Å². The zero-order chi connectivity index (χ0) is 12.8. The van der Waals surface area contributed by atoms with E-state index in [1.165, 1.54) is 31.2 Å². The predicted molar refractivity (Wildman–Crippen MR) is 73.2 cm³/mol. The normalized spacial score (nSPS) is 24.1. The van der Waals surface area contributed by atoms with Gasteiger partial charge in [-0.1, -0.05) is 18.9 Å². The number of aliphatic hydroxyl groups is 1. The molecule has 0 saturated heterocycles. The maximum atomic E-state index is 9.37. The first-order chi connectivity index (χ1) is 8.79. The van der Waals surface area contributed by atoms with Crippen molar-refractivity contribution in [2.24, 2.45) is 11.8 Å². The molecule has 1 fully saturated rings. The van der Waals surface area contributed by atoms with Crippen molar-refractivity contribution in [3.8, 4) is 0 Å². The number of nitrogens with one attached hydrogen (secondary N) is 1. The first kappa shape index (κ1) is 13.5. The summed E-state index contributed by atoms with van der Waals surface area (Å²) in [4.78, 5) is 4.39. The summed E-state index contributed by atoms with van der Waals surface area (Å²) in [6.45, 7) is 4.23. The van der Waals surface area contributed by atoms with Crippen molar-refractivity contribution in [2.75, 3.05) is 13.2 Å². The quantitative estimate of drug-likeness (QED) is 0.840. The van der Waals surface area contributed by atoms with Crippen molar-refractivity contribution in [3.05, 3.63) is 29.6 Å². The molecule has 1 aliphatic rings. The Balaban J connectivity index is 1.75. The third kappa shape index (κ3) is 3.79. The van der Waals surface area contributed by atoms with E-state index >= 15 is 0 Å². The Morgan fingerprint density at radius 3 is 2.72 bits per heavy atom. The van der Waals surface area contributed by atoms with E-state index in [2.05, 4.69) is 29.4 Å². The lowest BCUT2D eigenvalue weighted by Gasteiger charge is -2.30. The zero-order valence-electron chi connectivity index (χ0n) is 11.2. The second kappa shape index (κ2) is 6.86. The SMILES string of the molecule is Cc1ccc(CNCC2CCCCC2CO)nc1. The second-order valence-electron chi connectivity index (χ2n) is 5.44. The maximum absolute atomic E-state index is 9.37. The molecule has 0 aromatic carbocycles. The number of aliphatic hydroxyl groups excluding tert-OH is 1. The van der Waals surface area contributed by atoms with E-state index in [4.69, 9.17) is 0 Å². The fourth-order valence-electron chi connectivity index (χ4n) is 2.78. The van der Waals surface area contributed by atoms with Gasteiger partial charge in [0.2, 0.25) is 0 Å². The molecule has 18 heavy (non-hydrogen) atoms. The van der Waals surface area contributed by atoms with Crippen LogP contribution >= 0.6 is 0 Å². The van der Waals surface area contributed by atoms with Crippen LogP contribution in [0, 0.1) is 18.8 Å². The molecule has 0 radical (unpaired) electrons. The molecule has 0 amide bonds. The van der Waals surface area contributed by atoms with Crippen molar-refractivity contribution in [2.45, 2.75) is 39.2 Å². The summed E-state index contributed by atoms with van der Waals surface area (Å²) in [6.07, 6.45) is 6.94. The highest BCUT2D eigenvalue weighted by Crippen LogP contribution is 2.29. The van der Waals surface area contributed by atoms with Crippen molar-refractivity contribution >= 4 is 0 Å². The lowest BCUT2D eigenvalue weighted by Crippen LogP contribution is -2.32. The number of hydrogen-bond acceptors (Lipinski definition) is 3. The van der Waals surface area contributed by atoms with Gasteiger partial charge in [0, 0.05) is 19.3 Å². The minimum atomic E-state index is 0.342. The molecule has 0 bridgehead atoms. The van der Waals surface area contributed by atoms with Gasteiger partial charge in [-0.15, -0.1) is 0 Å². The summed E-state index contributed by atoms with van der Waals surface area (Å²) in [5.41, 5.74) is 2.29. The van der Waals surface area contributed by atoms with Crippen LogP contribution in [-0.4, -0.2) is 23.2 Å². The predicted octanol–water partition coefficient (Wildman–Crippen LogP) is 2.28. The summed E-state index contributed by atoms with van der Waals surface area (Å²) in [7, 11) is 0. The number of pyridine rings is 1. The van der Waals surface area contributed by atoms with Crippen LogP contribution in [0.1, 0.15) is 36.9 Å². The summed E-state index contributed by atoms with van der Waals surface area (Å²) in [6, 6.07) is 4.17. The third-order valence-corrected chi connectivity index (χ3v) is 3.99. The Bertz CT molecular complexity index is 350. The van der Waals surface area contributed by atoms with Crippen LogP contribution in [0.15, 0.2) is 18.3 Å². The van der Waals surface area contributed by atoms with Gasteiger partial charge in [-0.25, -0.2) is 0 Å². The van der Waals surface area contributed by atoms with Gasteiger partial charge in [0.15, 0.2) is 0 Å². The summed E-state index contributed by atoms with van der Waals surface area (Å²) >= 11 is 0. The summed E-state index contributed by atoms with van der Waals surface area (Å²) < 4.78 is 0. The first-order valence-corrected chi connectivity index (χ1v) is 7.02. The fourth-order valence-corrected chi connectivity index (χ4v) is 2.78. The van der Waals surface area contributed by atoms with Crippen molar-refractivity contribution < 1.29 is 5.11 Å². The molecule has 3 nitrogen and oxygen atoms in total. The van der Waals surface area contributed by atoms with Gasteiger partial charge in [0.1, 0.15) is 0 Å². The highest BCUT2D eigenvalue weighted by Gasteiger charge is 2.23. The molecular weight excluding hydrogens is 224 g/mol. The molecular formula is C15H24N2O. The minimum Gasteiger partial charge on any atom is -0.396 e. The Labute approximate surface area is 110 Å². The highest BCUT2D eigenvalue weighted by atomic mass is 16.3. The van der Waals surface area contributed by atoms with E-state index in [1.807, 2.05) is 6.20 Å². The number of hydrogen-bond donors (Lipinski definition) is 2. The molecule has 1 heterocycles. The summed E-state index contributed by atoms with van der Waals surface area (Å²) in [5, 5.41) is 12.8. The summed E-state index contributed by atoms with van der Waals surface area (Å²) in [5.74, 6) is 1.13. The number of aryl methyl sites for hydroxylation is 1. The topological polar surface area (TPSA) is 45.1 Å². The second-order valence-corrected chi connectivity index (χ2v) is 5.44. The van der Waals surface area contributed by atoms with Gasteiger partial charge in [-0.2, -0.15) is 0 Å². The molecule has 0 spiro atoms. The molecule has 1 aromatic heterocycles. The van der Waals surface area contributed by atoms with Crippen molar-refractivity contribution in [1.82, 2.24) is 10.3 Å². The van der Waals surface area contributed by atoms with Crippen LogP contribution in [0.25, 0.3) is 0 Å². The van der Waals surface area contributed by atoms with Crippen LogP contribution < -0.4 is 5.32 Å². The van der Waals surface area contributed by atoms with E-state index in [1.54, 1.807) is 0 Å². The fraction of sp³-hybridized carbons (Fsp3) is 0.667. The van der Waals surface area contributed by atoms with Crippen molar-refractivity contribution in [1.29, 1.82) is 0 Å².